The molecule has 0 bridgehead atoms. The number of pyridine rings is 1. The van der Waals surface area contributed by atoms with Gasteiger partial charge in [0.1, 0.15) is 17.5 Å². The second-order valence-corrected chi connectivity index (χ2v) is 11.3. The van der Waals surface area contributed by atoms with Crippen LogP contribution >= 0.6 is 0 Å². The van der Waals surface area contributed by atoms with Crippen LogP contribution in [0.5, 0.6) is 5.88 Å². The fourth-order valence-corrected chi connectivity index (χ4v) is 5.74. The number of aromatic nitrogens is 3. The highest BCUT2D eigenvalue weighted by Crippen LogP contribution is 2.51. The van der Waals surface area contributed by atoms with Crippen molar-refractivity contribution in [3.05, 3.63) is 52.6 Å². The zero-order chi connectivity index (χ0) is 28.8. The quantitative estimate of drug-likeness (QED) is 0.345. The first-order chi connectivity index (χ1) is 19.0. The predicted octanol–water partition coefficient (Wildman–Crippen LogP) is 6.42. The maximum Gasteiger partial charge on any atom is 0.278 e. The van der Waals surface area contributed by atoms with Crippen molar-refractivity contribution in [1.29, 1.82) is 5.26 Å². The SMILES string of the molecule is COc1nc2nc(C)nc(N[C@H](C)c3cccc(C(F)(F)C4CCN(C(C)C)CC4)c3F)c2cc1C1(C#N)CC1. The van der Waals surface area contributed by atoms with E-state index in [4.69, 9.17) is 4.74 Å². The fraction of sp³-hybridized carbons (Fsp3) is 0.533. The average molecular weight is 553 g/mol. The van der Waals surface area contributed by atoms with Crippen molar-refractivity contribution < 1.29 is 17.9 Å². The summed E-state index contributed by atoms with van der Waals surface area (Å²) in [5, 5.41) is 13.5. The van der Waals surface area contributed by atoms with Crippen LogP contribution in [0.15, 0.2) is 24.3 Å². The van der Waals surface area contributed by atoms with Gasteiger partial charge in [-0.15, -0.1) is 0 Å². The van der Waals surface area contributed by atoms with Crippen LogP contribution in [0.3, 0.4) is 0 Å². The zero-order valence-corrected chi connectivity index (χ0v) is 23.6. The lowest BCUT2D eigenvalue weighted by molar-refractivity contribution is -0.0900. The number of nitrogens with one attached hydrogen (secondary N) is 1. The van der Waals surface area contributed by atoms with Crippen LogP contribution in [0.4, 0.5) is 19.0 Å². The normalized spacial score (nSPS) is 18.5. The van der Waals surface area contributed by atoms with Gasteiger partial charge in [0.25, 0.3) is 5.92 Å². The van der Waals surface area contributed by atoms with Crippen molar-refractivity contribution in [3.63, 3.8) is 0 Å². The highest BCUT2D eigenvalue weighted by atomic mass is 19.3. The Balaban J connectivity index is 1.46. The van der Waals surface area contributed by atoms with E-state index in [2.05, 4.69) is 45.1 Å². The lowest BCUT2D eigenvalue weighted by Gasteiger charge is -2.38. The molecule has 5 rings (SSSR count). The first-order valence-corrected chi connectivity index (χ1v) is 13.8. The summed E-state index contributed by atoms with van der Waals surface area (Å²) in [7, 11) is 1.50. The van der Waals surface area contributed by atoms with E-state index in [0.29, 0.717) is 78.9 Å². The Hall–Kier alpha value is -3.45. The molecule has 212 valence electrons. The maximum absolute atomic E-state index is 15.8. The summed E-state index contributed by atoms with van der Waals surface area (Å²) in [6.45, 7) is 8.68. The average Bonchev–Trinajstić information content (AvgIpc) is 3.73. The Morgan fingerprint density at radius 2 is 1.85 bits per heavy atom. The third-order valence-corrected chi connectivity index (χ3v) is 8.42. The monoisotopic (exact) mass is 552 g/mol. The zero-order valence-electron chi connectivity index (χ0n) is 23.6. The number of fused-ring (bicyclic) bond motifs is 1. The van der Waals surface area contributed by atoms with Crippen molar-refractivity contribution in [2.75, 3.05) is 25.5 Å². The number of hydrogen-bond donors (Lipinski definition) is 1. The highest BCUT2D eigenvalue weighted by Gasteiger charge is 2.48. The third kappa shape index (κ3) is 4.96. The van der Waals surface area contributed by atoms with Crippen LogP contribution in [0, 0.1) is 30.0 Å². The fourth-order valence-electron chi connectivity index (χ4n) is 5.74. The van der Waals surface area contributed by atoms with Gasteiger partial charge in [-0.1, -0.05) is 18.2 Å². The molecule has 10 heteroatoms. The van der Waals surface area contributed by atoms with Crippen molar-refractivity contribution >= 4 is 16.9 Å². The molecule has 2 aromatic heterocycles. The number of nitriles is 1. The minimum absolute atomic E-state index is 0.124. The van der Waals surface area contributed by atoms with Gasteiger partial charge in [0.15, 0.2) is 5.65 Å². The highest BCUT2D eigenvalue weighted by molar-refractivity contribution is 5.88. The minimum Gasteiger partial charge on any atom is -0.481 e. The number of halogens is 3. The van der Waals surface area contributed by atoms with Gasteiger partial charge < -0.3 is 15.0 Å². The molecule has 3 aromatic rings. The summed E-state index contributed by atoms with van der Waals surface area (Å²) < 4.78 is 52.7. The van der Waals surface area contributed by atoms with Crippen LogP contribution in [0.1, 0.15) is 75.0 Å². The number of aryl methyl sites for hydroxylation is 1. The van der Waals surface area contributed by atoms with E-state index >= 15 is 13.2 Å². The van der Waals surface area contributed by atoms with E-state index in [9.17, 15) is 5.26 Å². The number of alkyl halides is 2. The molecule has 40 heavy (non-hydrogen) atoms. The van der Waals surface area contributed by atoms with Gasteiger partial charge in [-0.25, -0.2) is 23.1 Å². The van der Waals surface area contributed by atoms with Gasteiger partial charge in [-0.05, 0) is 72.5 Å². The number of rotatable bonds is 8. The standard InChI is InChI=1S/C30H35F3N6O/c1-17(2)39-13-9-20(10-14-39)30(32,33)23-8-6-7-21(25(23)31)18(3)35-26-22-15-24(29(16-34)11-12-29)28(40-5)38-27(22)37-19(4)36-26/h6-8,15,17-18,20H,9-14H2,1-5H3,(H,35,36,37,38)/t18-/m1/s1. The predicted molar refractivity (Wildman–Crippen MR) is 147 cm³/mol. The van der Waals surface area contributed by atoms with Crippen molar-refractivity contribution in [2.45, 2.75) is 76.8 Å². The number of hydrogen-bond acceptors (Lipinski definition) is 7. The summed E-state index contributed by atoms with van der Waals surface area (Å²) in [5.41, 5.74) is -0.0886. The largest absolute Gasteiger partial charge is 0.481 e. The lowest BCUT2D eigenvalue weighted by Crippen LogP contribution is -2.42. The second-order valence-electron chi connectivity index (χ2n) is 11.3. The number of piperidine rings is 1. The number of ether oxygens (including phenoxy) is 1. The molecule has 1 saturated heterocycles. The number of methoxy groups -OCH3 is 1. The summed E-state index contributed by atoms with van der Waals surface area (Å²) >= 11 is 0. The summed E-state index contributed by atoms with van der Waals surface area (Å²) in [5.74, 6) is -3.96. The van der Waals surface area contributed by atoms with E-state index in [0.717, 1.165) is 0 Å². The molecular weight excluding hydrogens is 517 g/mol. The molecule has 2 aliphatic rings. The maximum atomic E-state index is 15.8. The molecule has 0 unspecified atom stereocenters. The van der Waals surface area contributed by atoms with E-state index in [-0.39, 0.29) is 5.56 Å². The molecule has 0 radical (unpaired) electrons. The lowest BCUT2D eigenvalue weighted by atomic mass is 9.85. The van der Waals surface area contributed by atoms with E-state index in [1.807, 2.05) is 0 Å². The minimum atomic E-state index is -3.29. The Morgan fingerprint density at radius 3 is 2.45 bits per heavy atom. The van der Waals surface area contributed by atoms with Gasteiger partial charge in [0.05, 0.1) is 35.6 Å². The number of anilines is 1. The molecule has 1 aliphatic carbocycles. The van der Waals surface area contributed by atoms with E-state index in [1.165, 1.54) is 25.3 Å². The third-order valence-electron chi connectivity index (χ3n) is 8.42. The van der Waals surface area contributed by atoms with E-state index in [1.54, 1.807) is 19.9 Å². The number of benzene rings is 1. The van der Waals surface area contributed by atoms with Crippen LogP contribution in [0.2, 0.25) is 0 Å². The molecule has 0 amide bonds. The first kappa shape index (κ1) is 28.1. The van der Waals surface area contributed by atoms with Gasteiger partial charge in [-0.2, -0.15) is 10.2 Å². The Bertz CT molecular complexity index is 1460. The van der Waals surface area contributed by atoms with E-state index < -0.39 is 34.7 Å². The van der Waals surface area contributed by atoms with Crippen LogP contribution < -0.4 is 10.1 Å². The summed E-state index contributed by atoms with van der Waals surface area (Å²) in [6, 6.07) is 7.98. The molecule has 3 heterocycles. The van der Waals surface area contributed by atoms with Gasteiger partial charge >= 0.3 is 0 Å². The molecule has 1 aromatic carbocycles. The molecule has 1 aliphatic heterocycles. The molecule has 1 saturated carbocycles. The Morgan fingerprint density at radius 1 is 1.15 bits per heavy atom. The molecular formula is C30H35F3N6O. The Labute approximate surface area is 232 Å². The van der Waals surface area contributed by atoms with Crippen LogP contribution in [-0.2, 0) is 11.3 Å². The second kappa shape index (κ2) is 10.5. The number of likely N-dealkylation sites (tertiary alicyclic amines) is 1. The topological polar surface area (TPSA) is 87.0 Å². The molecule has 7 nitrogen and oxygen atoms in total. The van der Waals surface area contributed by atoms with Crippen molar-refractivity contribution in [3.8, 4) is 11.9 Å². The smallest absolute Gasteiger partial charge is 0.278 e. The van der Waals surface area contributed by atoms with Gasteiger partial charge in [-0.3, -0.25) is 0 Å². The summed E-state index contributed by atoms with van der Waals surface area (Å²) in [6.07, 6.45) is 2.03. The molecule has 0 spiro atoms. The van der Waals surface area contributed by atoms with Gasteiger partial charge in [0.2, 0.25) is 5.88 Å². The van der Waals surface area contributed by atoms with Gasteiger partial charge in [0, 0.05) is 23.1 Å². The number of nitrogens with zero attached hydrogens (tertiary/aromatic N) is 5. The molecule has 1 N–H and O–H groups in total. The van der Waals surface area contributed by atoms with Crippen molar-refractivity contribution in [2.24, 2.45) is 5.92 Å². The Kier molecular flexibility index (Phi) is 7.38. The molecule has 2 fully saturated rings. The first-order valence-electron chi connectivity index (χ1n) is 13.8. The van der Waals surface area contributed by atoms with Crippen LogP contribution in [-0.4, -0.2) is 46.1 Å². The molecule has 1 atom stereocenters. The summed E-state index contributed by atoms with van der Waals surface area (Å²) in [4.78, 5) is 15.7. The van der Waals surface area contributed by atoms with Crippen molar-refractivity contribution in [1.82, 2.24) is 19.9 Å². The van der Waals surface area contributed by atoms with Crippen LogP contribution in [0.25, 0.3) is 11.0 Å².